The van der Waals surface area contributed by atoms with Gasteiger partial charge in [0.15, 0.2) is 0 Å². The van der Waals surface area contributed by atoms with Crippen molar-refractivity contribution in [3.05, 3.63) is 24.3 Å². The number of amides is 1. The molecule has 0 heterocycles. The Morgan fingerprint density at radius 3 is 1.91 bits per heavy atom. The Labute approximate surface area is 137 Å². The number of aliphatic carboxylic acids is 1. The van der Waals surface area contributed by atoms with E-state index in [1.807, 2.05) is 20.8 Å². The average molecular weight is 323 g/mol. The number of hydrogen-bond donors (Lipinski definition) is 1. The summed E-state index contributed by atoms with van der Waals surface area (Å²) in [7, 11) is 0. The van der Waals surface area contributed by atoms with Crippen molar-refractivity contribution in [1.29, 1.82) is 0 Å². The van der Waals surface area contributed by atoms with Gasteiger partial charge in [0.25, 0.3) is 0 Å². The van der Waals surface area contributed by atoms with E-state index < -0.39 is 24.2 Å². The van der Waals surface area contributed by atoms with Crippen LogP contribution in [0.25, 0.3) is 0 Å². The second kappa shape index (κ2) is 6.89. The first kappa shape index (κ1) is 18.8. The lowest BCUT2D eigenvalue weighted by Gasteiger charge is -2.27. The maximum Gasteiger partial charge on any atom is 0.415 e. The Kier molecular flexibility index (Phi) is 5.64. The van der Waals surface area contributed by atoms with Crippen molar-refractivity contribution in [2.45, 2.75) is 52.7 Å². The van der Waals surface area contributed by atoms with E-state index in [9.17, 15) is 9.59 Å². The normalized spacial score (nSPS) is 11.7. The Hall–Kier alpha value is -2.24. The fraction of sp³-hybridized carbons (Fsp3) is 0.529. The highest BCUT2D eigenvalue weighted by atomic mass is 16.6. The number of benzene rings is 1. The van der Waals surface area contributed by atoms with E-state index in [0.717, 1.165) is 4.90 Å². The van der Waals surface area contributed by atoms with Gasteiger partial charge in [0.1, 0.15) is 23.5 Å². The second-order valence-corrected chi connectivity index (χ2v) is 7.17. The average Bonchev–Trinajstić information content (AvgIpc) is 2.32. The molecule has 1 aromatic carbocycles. The first-order valence-corrected chi connectivity index (χ1v) is 7.39. The van der Waals surface area contributed by atoms with Crippen LogP contribution in [0.4, 0.5) is 10.5 Å². The molecule has 0 aliphatic heterocycles. The summed E-state index contributed by atoms with van der Waals surface area (Å²) in [6, 6.07) is 6.65. The standard InChI is InChI=1S/C17H25NO5/c1-16(2,3)22-13-9-7-12(8-10-13)18(11-14(19)20)15(21)23-17(4,5)6/h7-10H,11H2,1-6H3,(H,19,20). The van der Waals surface area contributed by atoms with Crippen molar-refractivity contribution in [1.82, 2.24) is 0 Å². The van der Waals surface area contributed by atoms with Gasteiger partial charge in [0.05, 0.1) is 0 Å². The fourth-order valence-electron chi connectivity index (χ4n) is 1.76. The fourth-order valence-corrected chi connectivity index (χ4v) is 1.76. The van der Waals surface area contributed by atoms with Crippen molar-refractivity contribution in [3.63, 3.8) is 0 Å². The number of carboxylic acid groups (broad SMARTS) is 1. The van der Waals surface area contributed by atoms with Gasteiger partial charge in [0.2, 0.25) is 0 Å². The lowest BCUT2D eigenvalue weighted by atomic mass is 10.2. The van der Waals surface area contributed by atoms with E-state index in [-0.39, 0.29) is 5.60 Å². The first-order valence-electron chi connectivity index (χ1n) is 7.39. The highest BCUT2D eigenvalue weighted by Crippen LogP contribution is 2.24. The lowest BCUT2D eigenvalue weighted by molar-refractivity contribution is -0.135. The quantitative estimate of drug-likeness (QED) is 0.914. The molecule has 1 rings (SSSR count). The maximum absolute atomic E-state index is 12.2. The van der Waals surface area contributed by atoms with Crippen LogP contribution in [0.15, 0.2) is 24.3 Å². The summed E-state index contributed by atoms with van der Waals surface area (Å²) in [6.07, 6.45) is -0.704. The molecule has 0 saturated carbocycles. The molecule has 0 unspecified atom stereocenters. The molecule has 0 spiro atoms. The molecular weight excluding hydrogens is 298 g/mol. The third-order valence-electron chi connectivity index (χ3n) is 2.48. The minimum absolute atomic E-state index is 0.340. The number of rotatable bonds is 4. The Morgan fingerprint density at radius 2 is 1.52 bits per heavy atom. The molecule has 0 fully saturated rings. The molecule has 0 aliphatic carbocycles. The molecule has 6 nitrogen and oxygen atoms in total. The van der Waals surface area contributed by atoms with Gasteiger partial charge >= 0.3 is 12.1 Å². The predicted molar refractivity (Wildman–Crippen MR) is 88.0 cm³/mol. The summed E-state index contributed by atoms with van der Waals surface area (Å²) >= 11 is 0. The van der Waals surface area contributed by atoms with Gasteiger partial charge in [-0.15, -0.1) is 0 Å². The zero-order chi connectivity index (χ0) is 17.8. The number of carbonyl (C=O) groups excluding carboxylic acids is 1. The molecule has 0 bridgehead atoms. The minimum atomic E-state index is -1.12. The Bertz CT molecular complexity index is 552. The van der Waals surface area contributed by atoms with Crippen molar-refractivity contribution in [3.8, 4) is 5.75 Å². The van der Waals surface area contributed by atoms with Gasteiger partial charge < -0.3 is 14.6 Å². The van der Waals surface area contributed by atoms with E-state index in [0.29, 0.717) is 11.4 Å². The summed E-state index contributed by atoms with van der Waals surface area (Å²) < 4.78 is 11.0. The summed E-state index contributed by atoms with van der Waals surface area (Å²) in [4.78, 5) is 24.3. The van der Waals surface area contributed by atoms with Crippen LogP contribution >= 0.6 is 0 Å². The molecule has 0 radical (unpaired) electrons. The van der Waals surface area contributed by atoms with Crippen LogP contribution in [-0.4, -0.2) is 34.9 Å². The molecule has 1 amide bonds. The van der Waals surface area contributed by atoms with Gasteiger partial charge in [-0.05, 0) is 65.8 Å². The predicted octanol–water partition coefficient (Wildman–Crippen LogP) is 3.69. The van der Waals surface area contributed by atoms with Gasteiger partial charge in [0, 0.05) is 5.69 Å². The smallest absolute Gasteiger partial charge is 0.415 e. The molecule has 1 N–H and O–H groups in total. The molecule has 1 aromatic rings. The topological polar surface area (TPSA) is 76.1 Å². The van der Waals surface area contributed by atoms with E-state index in [1.54, 1.807) is 45.0 Å². The van der Waals surface area contributed by atoms with Crippen molar-refractivity contribution < 1.29 is 24.2 Å². The summed E-state index contributed by atoms with van der Waals surface area (Å²) in [5.41, 5.74) is -0.612. The highest BCUT2D eigenvalue weighted by Gasteiger charge is 2.25. The van der Waals surface area contributed by atoms with Crippen LogP contribution < -0.4 is 9.64 Å². The number of ether oxygens (including phenoxy) is 2. The number of nitrogens with zero attached hydrogens (tertiary/aromatic N) is 1. The van der Waals surface area contributed by atoms with Crippen LogP contribution in [0.5, 0.6) is 5.75 Å². The van der Waals surface area contributed by atoms with Gasteiger partial charge in [-0.1, -0.05) is 0 Å². The van der Waals surface area contributed by atoms with Crippen LogP contribution in [0.2, 0.25) is 0 Å². The molecule has 128 valence electrons. The summed E-state index contributed by atoms with van der Waals surface area (Å²) in [5, 5.41) is 9.03. The lowest BCUT2D eigenvalue weighted by Crippen LogP contribution is -2.40. The summed E-state index contributed by atoms with van der Waals surface area (Å²) in [5.74, 6) is -0.480. The van der Waals surface area contributed by atoms with E-state index in [1.165, 1.54) is 0 Å². The maximum atomic E-state index is 12.2. The third-order valence-corrected chi connectivity index (χ3v) is 2.48. The molecule has 0 aliphatic rings. The van der Waals surface area contributed by atoms with E-state index >= 15 is 0 Å². The SMILES string of the molecule is CC(C)(C)OC(=O)N(CC(=O)O)c1ccc(OC(C)(C)C)cc1. The second-order valence-electron chi connectivity index (χ2n) is 7.17. The Morgan fingerprint density at radius 1 is 1.00 bits per heavy atom. The molecule has 0 atom stereocenters. The van der Waals surface area contributed by atoms with E-state index in [2.05, 4.69) is 0 Å². The molecule has 6 heteroatoms. The molecule has 0 saturated heterocycles. The monoisotopic (exact) mass is 323 g/mol. The zero-order valence-corrected chi connectivity index (χ0v) is 14.5. The molecular formula is C17H25NO5. The first-order chi connectivity index (χ1) is 10.4. The number of carbonyl (C=O) groups is 2. The van der Waals surface area contributed by atoms with Crippen LogP contribution in [0, 0.1) is 0 Å². The number of carboxylic acids is 1. The molecule has 0 aromatic heterocycles. The van der Waals surface area contributed by atoms with Crippen molar-refractivity contribution >= 4 is 17.7 Å². The Balaban J connectivity index is 2.99. The zero-order valence-electron chi connectivity index (χ0n) is 14.5. The third kappa shape index (κ3) is 7.04. The van der Waals surface area contributed by atoms with Gasteiger partial charge in [-0.25, -0.2) is 4.79 Å². The van der Waals surface area contributed by atoms with Gasteiger partial charge in [-0.2, -0.15) is 0 Å². The van der Waals surface area contributed by atoms with Gasteiger partial charge in [-0.3, -0.25) is 9.69 Å². The van der Waals surface area contributed by atoms with E-state index in [4.69, 9.17) is 14.6 Å². The van der Waals surface area contributed by atoms with Crippen LogP contribution in [0.1, 0.15) is 41.5 Å². The number of hydrogen-bond acceptors (Lipinski definition) is 4. The number of anilines is 1. The summed E-state index contributed by atoms with van der Waals surface area (Å²) in [6.45, 7) is 10.5. The molecule has 23 heavy (non-hydrogen) atoms. The largest absolute Gasteiger partial charge is 0.488 e. The van der Waals surface area contributed by atoms with Crippen LogP contribution in [-0.2, 0) is 9.53 Å². The van der Waals surface area contributed by atoms with Crippen molar-refractivity contribution in [2.24, 2.45) is 0 Å². The minimum Gasteiger partial charge on any atom is -0.488 e. The van der Waals surface area contributed by atoms with Crippen molar-refractivity contribution in [2.75, 3.05) is 11.4 Å². The van der Waals surface area contributed by atoms with Crippen LogP contribution in [0.3, 0.4) is 0 Å². The highest BCUT2D eigenvalue weighted by molar-refractivity contribution is 5.93.